The topological polar surface area (TPSA) is 23.8 Å². The summed E-state index contributed by atoms with van der Waals surface area (Å²) in [6.45, 7) is 0. The van der Waals surface area contributed by atoms with Gasteiger partial charge in [0.1, 0.15) is 6.07 Å². The molecule has 0 unspecified atom stereocenters. The Bertz CT molecular complexity index is 99.9. The number of nitrogens with zero attached hydrogens (tertiary/aromatic N) is 1. The van der Waals surface area contributed by atoms with E-state index in [9.17, 15) is 0 Å². The van der Waals surface area contributed by atoms with Crippen molar-refractivity contribution < 1.29 is 0 Å². The summed E-state index contributed by atoms with van der Waals surface area (Å²) in [5.74, 6) is 0. The van der Waals surface area contributed by atoms with Gasteiger partial charge in [-0.3, -0.25) is 0 Å². The molecule has 0 rings (SSSR count). The van der Waals surface area contributed by atoms with Gasteiger partial charge in [-0.1, -0.05) is 0 Å². The molecule has 0 spiro atoms. The molecule has 0 radical (unpaired) electrons. The quantitative estimate of drug-likeness (QED) is 0.361. The fraction of sp³-hybridized carbons (Fsp3) is 0. The number of thiol groups is 2. The Labute approximate surface area is 47.5 Å². The molecule has 0 bridgehead atoms. The normalized spacial score (nSPS) is 10.5. The maximum absolute atomic E-state index is 7.89. The van der Waals surface area contributed by atoms with Gasteiger partial charge in [0.05, 0.1) is 4.91 Å². The van der Waals surface area contributed by atoms with E-state index in [4.69, 9.17) is 5.26 Å². The van der Waals surface area contributed by atoms with Crippen LogP contribution in [-0.4, -0.2) is 0 Å². The number of allylic oxidation sites excluding steroid dienone is 1. The zero-order valence-electron chi connectivity index (χ0n) is 2.92. The van der Waals surface area contributed by atoms with Crippen LogP contribution in [0.1, 0.15) is 0 Å². The minimum absolute atomic E-state index is 0.332. The van der Waals surface area contributed by atoms with Crippen LogP contribution in [0.2, 0.25) is 0 Å². The van der Waals surface area contributed by atoms with Crippen LogP contribution in [0.25, 0.3) is 0 Å². The molecule has 0 aliphatic heterocycles. The molecule has 6 heavy (non-hydrogen) atoms. The predicted molar refractivity (Wildman–Crippen MR) is 31.7 cm³/mol. The van der Waals surface area contributed by atoms with Gasteiger partial charge in [-0.15, -0.1) is 25.3 Å². The van der Waals surface area contributed by atoms with Gasteiger partial charge in [-0.05, 0) is 5.41 Å². The highest BCUT2D eigenvalue weighted by Crippen LogP contribution is 1.96. The molecule has 0 atom stereocenters. The molecule has 32 valence electrons. The second-order valence-corrected chi connectivity index (χ2v) is 1.37. The smallest absolute Gasteiger partial charge is 0.106 e. The SMILES string of the molecule is N#C/C(S)=C\S. The van der Waals surface area contributed by atoms with E-state index in [2.05, 4.69) is 25.3 Å². The first-order chi connectivity index (χ1) is 2.81. The van der Waals surface area contributed by atoms with Gasteiger partial charge in [-0.2, -0.15) is 5.26 Å². The van der Waals surface area contributed by atoms with Gasteiger partial charge in [0, 0.05) is 0 Å². The molecule has 0 fully saturated rings. The fourth-order valence-electron chi connectivity index (χ4n) is 0.0289. The van der Waals surface area contributed by atoms with Crippen molar-refractivity contribution >= 4 is 25.3 Å². The highest BCUT2D eigenvalue weighted by Gasteiger charge is 1.73. The van der Waals surface area contributed by atoms with Crippen molar-refractivity contribution in [2.45, 2.75) is 0 Å². The summed E-state index contributed by atoms with van der Waals surface area (Å²) in [6.07, 6.45) is 0. The second kappa shape index (κ2) is 3.13. The second-order valence-electron chi connectivity index (χ2n) is 0.626. The first-order valence-corrected chi connectivity index (χ1v) is 2.21. The Hall–Kier alpha value is -0.0700. The Morgan fingerprint density at radius 3 is 2.33 bits per heavy atom. The number of hydrogen-bond donors (Lipinski definition) is 2. The highest BCUT2D eigenvalue weighted by molar-refractivity contribution is 7.88. The van der Waals surface area contributed by atoms with E-state index >= 15 is 0 Å². The minimum atomic E-state index is 0.332. The van der Waals surface area contributed by atoms with E-state index in [0.29, 0.717) is 4.91 Å². The third kappa shape index (κ3) is 2.18. The summed E-state index contributed by atoms with van der Waals surface area (Å²) >= 11 is 7.29. The van der Waals surface area contributed by atoms with Gasteiger partial charge in [-0.25, -0.2) is 0 Å². The van der Waals surface area contributed by atoms with Gasteiger partial charge in [0.15, 0.2) is 0 Å². The van der Waals surface area contributed by atoms with Crippen LogP contribution in [0.4, 0.5) is 0 Å². The van der Waals surface area contributed by atoms with Crippen molar-refractivity contribution in [3.8, 4) is 6.07 Å². The largest absolute Gasteiger partial charge is 0.192 e. The van der Waals surface area contributed by atoms with Gasteiger partial charge >= 0.3 is 0 Å². The van der Waals surface area contributed by atoms with Crippen LogP contribution in [0.15, 0.2) is 10.3 Å². The van der Waals surface area contributed by atoms with Crippen molar-refractivity contribution in [3.63, 3.8) is 0 Å². The van der Waals surface area contributed by atoms with Crippen LogP contribution < -0.4 is 0 Å². The molecule has 0 aliphatic rings. The molecule has 0 heterocycles. The Balaban J connectivity index is 3.61. The summed E-state index contributed by atoms with van der Waals surface area (Å²) in [6, 6.07) is 1.76. The molecule has 1 nitrogen and oxygen atoms in total. The van der Waals surface area contributed by atoms with Crippen molar-refractivity contribution in [3.05, 3.63) is 10.3 Å². The lowest BCUT2D eigenvalue weighted by Crippen LogP contribution is -1.50. The summed E-state index contributed by atoms with van der Waals surface area (Å²) < 4.78 is 0. The van der Waals surface area contributed by atoms with E-state index < -0.39 is 0 Å². The molecule has 0 aliphatic carbocycles. The predicted octanol–water partition coefficient (Wildman–Crippen LogP) is 1.21. The molecule has 0 saturated carbocycles. The summed E-state index contributed by atoms with van der Waals surface area (Å²) in [5, 5.41) is 9.23. The van der Waals surface area contributed by atoms with Crippen molar-refractivity contribution in [2.75, 3.05) is 0 Å². The van der Waals surface area contributed by atoms with Crippen molar-refractivity contribution in [1.29, 1.82) is 5.26 Å². The summed E-state index contributed by atoms with van der Waals surface area (Å²) in [5.41, 5.74) is 0. The Morgan fingerprint density at radius 2 is 2.33 bits per heavy atom. The third-order valence-electron chi connectivity index (χ3n) is 0.237. The molecule has 0 saturated heterocycles. The molecular weight excluding hydrogens is 114 g/mol. The number of hydrogen-bond acceptors (Lipinski definition) is 3. The van der Waals surface area contributed by atoms with E-state index in [1.807, 2.05) is 0 Å². The van der Waals surface area contributed by atoms with Crippen LogP contribution >= 0.6 is 25.3 Å². The number of nitriles is 1. The van der Waals surface area contributed by atoms with E-state index in [0.717, 1.165) is 0 Å². The zero-order chi connectivity index (χ0) is 4.99. The Morgan fingerprint density at radius 1 is 1.83 bits per heavy atom. The molecule has 0 aromatic heterocycles. The lowest BCUT2D eigenvalue weighted by Gasteiger charge is -1.68. The average molecular weight is 117 g/mol. The van der Waals surface area contributed by atoms with E-state index in [1.165, 1.54) is 5.41 Å². The standard InChI is InChI=1S/C3H3NS2/c4-1-3(6)2-5/h2,5-6H/b3-2+. The molecule has 0 aromatic rings. The third-order valence-corrected chi connectivity index (χ3v) is 0.928. The Kier molecular flexibility index (Phi) is 3.10. The van der Waals surface area contributed by atoms with Crippen LogP contribution in [0.3, 0.4) is 0 Å². The molecular formula is C3H3NS2. The first kappa shape index (κ1) is 5.93. The number of rotatable bonds is 0. The van der Waals surface area contributed by atoms with Crippen molar-refractivity contribution in [1.82, 2.24) is 0 Å². The van der Waals surface area contributed by atoms with Gasteiger partial charge in [0.25, 0.3) is 0 Å². The van der Waals surface area contributed by atoms with Crippen LogP contribution in [0.5, 0.6) is 0 Å². The average Bonchev–Trinajstić information content (AvgIpc) is 1.65. The van der Waals surface area contributed by atoms with Crippen LogP contribution in [0, 0.1) is 11.3 Å². The zero-order valence-corrected chi connectivity index (χ0v) is 4.71. The monoisotopic (exact) mass is 117 g/mol. The molecule has 3 heteroatoms. The van der Waals surface area contributed by atoms with E-state index in [1.54, 1.807) is 6.07 Å². The first-order valence-electron chi connectivity index (χ1n) is 1.24. The maximum atomic E-state index is 7.89. The summed E-state index contributed by atoms with van der Waals surface area (Å²) in [7, 11) is 0. The minimum Gasteiger partial charge on any atom is -0.192 e. The van der Waals surface area contributed by atoms with E-state index in [-0.39, 0.29) is 0 Å². The van der Waals surface area contributed by atoms with Crippen molar-refractivity contribution in [2.24, 2.45) is 0 Å². The lowest BCUT2D eigenvalue weighted by molar-refractivity contribution is 1.53. The maximum Gasteiger partial charge on any atom is 0.106 e. The van der Waals surface area contributed by atoms with Gasteiger partial charge in [0.2, 0.25) is 0 Å². The highest BCUT2D eigenvalue weighted by atomic mass is 32.1. The molecule has 0 amide bonds. The summed E-state index contributed by atoms with van der Waals surface area (Å²) in [4.78, 5) is 0.332. The molecule has 0 aromatic carbocycles. The molecule has 0 N–H and O–H groups in total. The van der Waals surface area contributed by atoms with Crippen LogP contribution in [-0.2, 0) is 0 Å². The fourth-order valence-corrected chi connectivity index (χ4v) is 0.0866. The van der Waals surface area contributed by atoms with Gasteiger partial charge < -0.3 is 0 Å². The lowest BCUT2D eigenvalue weighted by atomic mass is 10.7.